The highest BCUT2D eigenvalue weighted by Crippen LogP contribution is 2.57. The van der Waals surface area contributed by atoms with Crippen molar-refractivity contribution in [2.45, 2.75) is 123 Å². The lowest BCUT2D eigenvalue weighted by Crippen LogP contribution is -2.39. The van der Waals surface area contributed by atoms with Gasteiger partial charge in [-0.25, -0.2) is 0 Å². The van der Waals surface area contributed by atoms with Gasteiger partial charge in [0.05, 0.1) is 27.4 Å². The van der Waals surface area contributed by atoms with Crippen molar-refractivity contribution in [1.82, 2.24) is 0 Å². The topological polar surface area (TPSA) is 49.4 Å². The zero-order valence-corrected chi connectivity index (χ0v) is 41.9. The van der Waals surface area contributed by atoms with E-state index in [1.54, 1.807) is 21.3 Å². The number of benzene rings is 5. The zero-order chi connectivity index (χ0) is 47.3. The first-order valence-corrected chi connectivity index (χ1v) is 25.1. The lowest BCUT2D eigenvalue weighted by Gasteiger charge is -2.47. The molecule has 0 spiro atoms. The Balaban J connectivity index is 0.00000300. The van der Waals surface area contributed by atoms with Gasteiger partial charge < -0.3 is 28.6 Å². The first kappa shape index (κ1) is 47.6. The summed E-state index contributed by atoms with van der Waals surface area (Å²) in [5.74, 6) is 4.58. The van der Waals surface area contributed by atoms with Crippen LogP contribution in [0, 0.1) is 11.3 Å². The maximum absolute atomic E-state index is 7.87. The smallest absolute Gasteiger partial charge is 0.185 e. The molecule has 2 fully saturated rings. The van der Waals surface area contributed by atoms with Gasteiger partial charge in [-0.15, -0.1) is 0 Å². The van der Waals surface area contributed by atoms with Crippen molar-refractivity contribution in [1.29, 1.82) is 0 Å². The molecule has 0 aromatic heterocycles. The number of hydrogen-bond acceptors (Lipinski definition) is 6. The van der Waals surface area contributed by atoms with E-state index in [-0.39, 0.29) is 16.9 Å². The summed E-state index contributed by atoms with van der Waals surface area (Å²) < 4.78 is 32.0. The van der Waals surface area contributed by atoms with Gasteiger partial charge in [-0.3, -0.25) is 0 Å². The largest absolute Gasteiger partial charge is 0.497 e. The van der Waals surface area contributed by atoms with Crippen LogP contribution in [0.15, 0.2) is 126 Å². The second-order valence-corrected chi connectivity index (χ2v) is 19.8. The molecule has 0 N–H and O–H groups in total. The Kier molecular flexibility index (Phi) is 14.3. The van der Waals surface area contributed by atoms with Crippen LogP contribution in [-0.4, -0.2) is 40.5 Å². The van der Waals surface area contributed by atoms with Crippen LogP contribution in [0.5, 0.6) is 23.0 Å². The lowest BCUT2D eigenvalue weighted by atomic mass is 9.57. The Morgan fingerprint density at radius 3 is 2.16 bits per heavy atom. The normalized spacial score (nSPS) is 20.5. The molecule has 1 aliphatic heterocycles. The van der Waals surface area contributed by atoms with E-state index < -0.39 is 5.60 Å². The highest BCUT2D eigenvalue weighted by molar-refractivity contribution is 5.99. The second kappa shape index (κ2) is 20.2. The van der Waals surface area contributed by atoms with Crippen LogP contribution in [0.2, 0.25) is 0 Å². The number of methoxy groups -OCH3 is 3. The molecule has 0 saturated heterocycles. The van der Waals surface area contributed by atoms with E-state index in [0.717, 1.165) is 101 Å². The van der Waals surface area contributed by atoms with Crippen LogP contribution in [0.1, 0.15) is 129 Å². The first-order valence-electron chi connectivity index (χ1n) is 25.1. The summed E-state index contributed by atoms with van der Waals surface area (Å²) in [6.45, 7) is 17.4. The lowest BCUT2D eigenvalue weighted by molar-refractivity contribution is 0.155. The fourth-order valence-electron chi connectivity index (χ4n) is 11.2. The minimum Gasteiger partial charge on any atom is -0.497 e. The monoisotopic (exact) mass is 900 g/mol. The van der Waals surface area contributed by atoms with Crippen molar-refractivity contribution in [3.05, 3.63) is 149 Å². The summed E-state index contributed by atoms with van der Waals surface area (Å²) in [5, 5.41) is 2.05. The summed E-state index contributed by atoms with van der Waals surface area (Å²) in [6, 6.07) is 33.2. The van der Waals surface area contributed by atoms with Crippen LogP contribution in [0.25, 0.3) is 28.0 Å². The fraction of sp³-hybridized carbons (Fsp3) is 0.426. The Bertz CT molecular complexity index is 2660. The van der Waals surface area contributed by atoms with Gasteiger partial charge in [-0.05, 0) is 134 Å². The van der Waals surface area contributed by atoms with Gasteiger partial charge >= 0.3 is 0 Å². The van der Waals surface area contributed by atoms with Crippen LogP contribution in [0.3, 0.4) is 0 Å². The Morgan fingerprint density at radius 2 is 1.51 bits per heavy atom. The molecule has 6 heteroatoms. The van der Waals surface area contributed by atoms with E-state index in [2.05, 4.69) is 142 Å². The molecule has 0 bridgehead atoms. The zero-order valence-electron chi connectivity index (χ0n) is 41.9. The number of fused-ring (bicyclic) bond motifs is 3. The maximum Gasteiger partial charge on any atom is 0.185 e. The predicted molar refractivity (Wildman–Crippen MR) is 278 cm³/mol. The first-order chi connectivity index (χ1) is 32.5. The van der Waals surface area contributed by atoms with E-state index >= 15 is 0 Å². The summed E-state index contributed by atoms with van der Waals surface area (Å²) >= 11 is 0. The number of rotatable bonds is 16. The highest BCUT2D eigenvalue weighted by atomic mass is 16.5. The predicted octanol–water partition coefficient (Wildman–Crippen LogP) is 15.6. The molecule has 1 heterocycles. The van der Waals surface area contributed by atoms with Crippen molar-refractivity contribution < 1.29 is 23.7 Å². The molecule has 5 aromatic carbocycles. The molecule has 4 aliphatic rings. The van der Waals surface area contributed by atoms with E-state index in [1.807, 2.05) is 32.1 Å². The van der Waals surface area contributed by atoms with Gasteiger partial charge in [0.1, 0.15) is 23.0 Å². The molecule has 2 saturated carbocycles. The maximum atomic E-state index is 7.87. The molecule has 2 unspecified atom stereocenters. The molecule has 0 radical (unpaired) electrons. The average Bonchev–Trinajstić information content (AvgIpc) is 3.81. The van der Waals surface area contributed by atoms with Gasteiger partial charge in [-0.2, -0.15) is 0 Å². The van der Waals surface area contributed by atoms with Crippen molar-refractivity contribution in [2.75, 3.05) is 39.3 Å². The Hall–Kier alpha value is -5.84. The molecule has 352 valence electrons. The minimum absolute atomic E-state index is 0.0103. The quantitative estimate of drug-likeness (QED) is 0.0920. The Morgan fingerprint density at radius 1 is 0.761 bits per heavy atom. The molecule has 2 atom stereocenters. The molecule has 3 aliphatic carbocycles. The number of anilines is 1. The van der Waals surface area contributed by atoms with Gasteiger partial charge in [0, 0.05) is 63.5 Å². The molecule has 0 amide bonds. The third kappa shape index (κ3) is 9.40. The van der Waals surface area contributed by atoms with E-state index in [4.69, 9.17) is 23.7 Å². The van der Waals surface area contributed by atoms with Crippen molar-refractivity contribution in [2.24, 2.45) is 11.3 Å². The summed E-state index contributed by atoms with van der Waals surface area (Å²) in [7, 11) is 5.12. The van der Waals surface area contributed by atoms with E-state index in [1.165, 1.54) is 48.9 Å². The van der Waals surface area contributed by atoms with Crippen LogP contribution >= 0.6 is 0 Å². The number of ether oxygens (including phenoxy) is 5. The number of nitrogens with zero attached hydrogens (tertiary/aromatic N) is 1. The summed E-state index contributed by atoms with van der Waals surface area (Å²) in [5.41, 5.74) is 11.3. The van der Waals surface area contributed by atoms with Gasteiger partial charge in [-0.1, -0.05) is 115 Å². The van der Waals surface area contributed by atoms with Crippen molar-refractivity contribution >= 4 is 22.5 Å². The molecular weight excluding hydrogens is 827 g/mol. The van der Waals surface area contributed by atoms with Crippen molar-refractivity contribution in [3.8, 4) is 34.1 Å². The second-order valence-electron chi connectivity index (χ2n) is 19.8. The fourth-order valence-corrected chi connectivity index (χ4v) is 11.2. The van der Waals surface area contributed by atoms with Gasteiger partial charge in [0.2, 0.25) is 0 Å². The van der Waals surface area contributed by atoms with Crippen LogP contribution in [0.4, 0.5) is 5.69 Å². The average molecular weight is 900 g/mol. The van der Waals surface area contributed by atoms with E-state index in [9.17, 15) is 0 Å². The standard InChI is InChI=1S/C59H67NO5.C2H6/c1-9-32-60(33-28-41-15-13-16-41)46-22-19-44(20-23-46)59(45-21-24-48(36-45)64-40(2)3)31-27-50-53(58(43-17-11-10-12-18-43)30-14-29-57(4,5)39-58)35-42-34-52(55(63-8)38-51(42)56(50)65-59)49-26-25-47(61-6)37-54(49)62-7;1-2/h10-12,17-27,31,34-35,37-38,40-41H,9,13-16,28-30,32-33,39H2,1-8H3;1-2H3. The third-order valence-electron chi connectivity index (χ3n) is 14.6. The minimum atomic E-state index is -1.01. The Labute approximate surface area is 401 Å². The van der Waals surface area contributed by atoms with Gasteiger partial charge in [0.25, 0.3) is 0 Å². The van der Waals surface area contributed by atoms with Crippen LogP contribution in [-0.2, 0) is 15.8 Å². The van der Waals surface area contributed by atoms with Crippen LogP contribution < -0.4 is 23.8 Å². The summed E-state index contributed by atoms with van der Waals surface area (Å²) in [4.78, 5) is 2.57. The highest BCUT2D eigenvalue weighted by Gasteiger charge is 2.47. The molecular formula is C61H73NO5. The summed E-state index contributed by atoms with van der Waals surface area (Å²) in [6.07, 6.45) is 19.6. The number of hydrogen-bond donors (Lipinski definition) is 0. The molecule has 9 rings (SSSR count). The molecule has 6 nitrogen and oxygen atoms in total. The third-order valence-corrected chi connectivity index (χ3v) is 14.6. The molecule has 67 heavy (non-hydrogen) atoms. The van der Waals surface area contributed by atoms with Gasteiger partial charge in [0.15, 0.2) is 11.4 Å². The molecule has 5 aromatic rings. The SMILES string of the molecule is CC.CCCN(CCC1CCC1)c1ccc(C2(C3=C=C(OC(C)C)C=C3)C=Cc3c(C4(c5ccccc5)CCCC(C)(C)C4)cc4cc(-c5ccc(OC)cc5OC)c(OC)cc4c3O2)cc1. The van der Waals surface area contributed by atoms with E-state index in [0.29, 0.717) is 11.5 Å². The van der Waals surface area contributed by atoms with Crippen molar-refractivity contribution in [3.63, 3.8) is 0 Å².